The molecule has 1 unspecified atom stereocenters. The smallest absolute Gasteiger partial charge is 0.166 e. The van der Waals surface area contributed by atoms with Gasteiger partial charge in [0.05, 0.1) is 20.8 Å². The first-order valence-corrected chi connectivity index (χ1v) is 5.60. The SMILES string of the molecule is COCc1cc(CC(C)N)cc(OC)c1OC. The van der Waals surface area contributed by atoms with Gasteiger partial charge in [-0.15, -0.1) is 0 Å². The Bertz CT molecular complexity index is 364. The maximum absolute atomic E-state index is 5.81. The van der Waals surface area contributed by atoms with E-state index in [0.717, 1.165) is 29.0 Å². The molecule has 0 radical (unpaired) electrons. The summed E-state index contributed by atoms with van der Waals surface area (Å²) in [4.78, 5) is 0. The van der Waals surface area contributed by atoms with Crippen molar-refractivity contribution in [1.29, 1.82) is 0 Å². The Morgan fingerprint density at radius 3 is 2.35 bits per heavy atom. The number of nitrogens with two attached hydrogens (primary N) is 1. The molecule has 0 heterocycles. The average Bonchev–Trinajstić information content (AvgIpc) is 2.28. The zero-order valence-electron chi connectivity index (χ0n) is 10.9. The molecule has 0 aliphatic heterocycles. The molecule has 1 aromatic rings. The zero-order chi connectivity index (χ0) is 12.8. The fraction of sp³-hybridized carbons (Fsp3) is 0.538. The van der Waals surface area contributed by atoms with Gasteiger partial charge in [0.25, 0.3) is 0 Å². The lowest BCUT2D eigenvalue weighted by atomic mass is 10.0. The van der Waals surface area contributed by atoms with Crippen molar-refractivity contribution in [3.8, 4) is 11.5 Å². The van der Waals surface area contributed by atoms with E-state index in [-0.39, 0.29) is 6.04 Å². The first kappa shape index (κ1) is 13.8. The number of hydrogen-bond donors (Lipinski definition) is 1. The lowest BCUT2D eigenvalue weighted by molar-refractivity contribution is 0.180. The largest absolute Gasteiger partial charge is 0.493 e. The van der Waals surface area contributed by atoms with Crippen molar-refractivity contribution in [2.24, 2.45) is 5.73 Å². The third-order valence-electron chi connectivity index (χ3n) is 2.47. The van der Waals surface area contributed by atoms with Crippen LogP contribution in [0.25, 0.3) is 0 Å². The Morgan fingerprint density at radius 2 is 1.88 bits per heavy atom. The third-order valence-corrected chi connectivity index (χ3v) is 2.47. The van der Waals surface area contributed by atoms with E-state index < -0.39 is 0 Å². The third kappa shape index (κ3) is 3.61. The summed E-state index contributed by atoms with van der Waals surface area (Å²) in [5.41, 5.74) is 7.91. The van der Waals surface area contributed by atoms with Gasteiger partial charge in [0.15, 0.2) is 11.5 Å². The summed E-state index contributed by atoms with van der Waals surface area (Å²) in [7, 11) is 4.91. The van der Waals surface area contributed by atoms with Crippen LogP contribution in [0, 0.1) is 0 Å². The minimum Gasteiger partial charge on any atom is -0.493 e. The molecular formula is C13H21NO3. The molecule has 0 fully saturated rings. The summed E-state index contributed by atoms with van der Waals surface area (Å²) >= 11 is 0. The van der Waals surface area contributed by atoms with Crippen LogP contribution in [0.3, 0.4) is 0 Å². The average molecular weight is 239 g/mol. The van der Waals surface area contributed by atoms with Crippen molar-refractivity contribution < 1.29 is 14.2 Å². The maximum Gasteiger partial charge on any atom is 0.166 e. The molecule has 4 nitrogen and oxygen atoms in total. The van der Waals surface area contributed by atoms with Crippen LogP contribution in [-0.2, 0) is 17.8 Å². The number of rotatable bonds is 6. The zero-order valence-corrected chi connectivity index (χ0v) is 10.9. The second kappa shape index (κ2) is 6.47. The van der Waals surface area contributed by atoms with E-state index in [9.17, 15) is 0 Å². The quantitative estimate of drug-likeness (QED) is 0.821. The fourth-order valence-corrected chi connectivity index (χ4v) is 1.86. The highest BCUT2D eigenvalue weighted by Crippen LogP contribution is 2.33. The Balaban J connectivity index is 3.14. The molecule has 2 N–H and O–H groups in total. The van der Waals surface area contributed by atoms with Gasteiger partial charge < -0.3 is 19.9 Å². The Labute approximate surface area is 103 Å². The van der Waals surface area contributed by atoms with Crippen molar-refractivity contribution in [3.63, 3.8) is 0 Å². The second-order valence-electron chi connectivity index (χ2n) is 4.10. The molecule has 1 atom stereocenters. The second-order valence-corrected chi connectivity index (χ2v) is 4.10. The minimum atomic E-state index is 0.114. The van der Waals surface area contributed by atoms with Crippen LogP contribution in [0.4, 0.5) is 0 Å². The highest BCUT2D eigenvalue weighted by atomic mass is 16.5. The van der Waals surface area contributed by atoms with Crippen LogP contribution in [0.15, 0.2) is 12.1 Å². The summed E-state index contributed by atoms with van der Waals surface area (Å²) in [5.74, 6) is 1.44. The van der Waals surface area contributed by atoms with E-state index in [0.29, 0.717) is 6.61 Å². The van der Waals surface area contributed by atoms with E-state index in [4.69, 9.17) is 19.9 Å². The highest BCUT2D eigenvalue weighted by Gasteiger charge is 2.12. The lowest BCUT2D eigenvalue weighted by Gasteiger charge is -2.15. The van der Waals surface area contributed by atoms with E-state index in [1.165, 1.54) is 0 Å². The van der Waals surface area contributed by atoms with Gasteiger partial charge in [0.2, 0.25) is 0 Å². The number of hydrogen-bond acceptors (Lipinski definition) is 4. The van der Waals surface area contributed by atoms with Crippen molar-refractivity contribution in [2.75, 3.05) is 21.3 Å². The van der Waals surface area contributed by atoms with Crippen LogP contribution in [0.5, 0.6) is 11.5 Å². The van der Waals surface area contributed by atoms with Gasteiger partial charge in [-0.25, -0.2) is 0 Å². The molecule has 96 valence electrons. The molecule has 0 saturated carbocycles. The van der Waals surface area contributed by atoms with Crippen molar-refractivity contribution >= 4 is 0 Å². The van der Waals surface area contributed by atoms with Gasteiger partial charge in [-0.2, -0.15) is 0 Å². The van der Waals surface area contributed by atoms with Crippen LogP contribution >= 0.6 is 0 Å². The van der Waals surface area contributed by atoms with Gasteiger partial charge in [-0.05, 0) is 31.0 Å². The van der Waals surface area contributed by atoms with Gasteiger partial charge in [-0.3, -0.25) is 0 Å². The predicted molar refractivity (Wildman–Crippen MR) is 67.6 cm³/mol. The van der Waals surface area contributed by atoms with Gasteiger partial charge in [0.1, 0.15) is 0 Å². The Morgan fingerprint density at radius 1 is 1.18 bits per heavy atom. The summed E-state index contributed by atoms with van der Waals surface area (Å²) in [6.07, 6.45) is 0.803. The normalized spacial score (nSPS) is 12.3. The Hall–Kier alpha value is -1.26. The molecular weight excluding hydrogens is 218 g/mol. The van der Waals surface area contributed by atoms with Crippen molar-refractivity contribution in [2.45, 2.75) is 26.0 Å². The molecule has 0 aromatic heterocycles. The first-order valence-electron chi connectivity index (χ1n) is 5.60. The standard InChI is InChI=1S/C13H21NO3/c1-9(14)5-10-6-11(8-15-2)13(17-4)12(7-10)16-3/h6-7,9H,5,8,14H2,1-4H3. The summed E-state index contributed by atoms with van der Waals surface area (Å²) in [6.45, 7) is 2.47. The molecule has 0 aliphatic carbocycles. The maximum atomic E-state index is 5.81. The van der Waals surface area contributed by atoms with Crippen LogP contribution in [0.1, 0.15) is 18.1 Å². The minimum absolute atomic E-state index is 0.114. The summed E-state index contributed by atoms with van der Waals surface area (Å²) in [5, 5.41) is 0. The van der Waals surface area contributed by atoms with Crippen molar-refractivity contribution in [1.82, 2.24) is 0 Å². The van der Waals surface area contributed by atoms with Gasteiger partial charge in [0, 0.05) is 18.7 Å². The fourth-order valence-electron chi connectivity index (χ4n) is 1.86. The molecule has 1 aromatic carbocycles. The lowest BCUT2D eigenvalue weighted by Crippen LogP contribution is -2.18. The number of ether oxygens (including phenoxy) is 3. The Kier molecular flexibility index (Phi) is 5.25. The van der Waals surface area contributed by atoms with Crippen LogP contribution in [0.2, 0.25) is 0 Å². The van der Waals surface area contributed by atoms with Crippen LogP contribution in [-0.4, -0.2) is 27.4 Å². The topological polar surface area (TPSA) is 53.7 Å². The van der Waals surface area contributed by atoms with Crippen LogP contribution < -0.4 is 15.2 Å². The molecule has 0 amide bonds. The van der Waals surface area contributed by atoms with E-state index >= 15 is 0 Å². The van der Waals surface area contributed by atoms with Crippen molar-refractivity contribution in [3.05, 3.63) is 23.3 Å². The summed E-state index contributed by atoms with van der Waals surface area (Å²) in [6, 6.07) is 4.12. The molecule has 4 heteroatoms. The highest BCUT2D eigenvalue weighted by molar-refractivity contribution is 5.49. The molecule has 0 saturated heterocycles. The van der Waals surface area contributed by atoms with E-state index in [1.54, 1.807) is 21.3 Å². The molecule has 0 spiro atoms. The first-order chi connectivity index (χ1) is 8.12. The van der Waals surface area contributed by atoms with E-state index in [1.807, 2.05) is 19.1 Å². The van der Waals surface area contributed by atoms with E-state index in [2.05, 4.69) is 0 Å². The molecule has 17 heavy (non-hydrogen) atoms. The molecule has 0 bridgehead atoms. The summed E-state index contributed by atoms with van der Waals surface area (Å²) < 4.78 is 15.8. The number of methoxy groups -OCH3 is 3. The van der Waals surface area contributed by atoms with Gasteiger partial charge >= 0.3 is 0 Å². The molecule has 1 rings (SSSR count). The van der Waals surface area contributed by atoms with Gasteiger partial charge in [-0.1, -0.05) is 0 Å². The number of benzene rings is 1. The molecule has 0 aliphatic rings. The predicted octanol–water partition coefficient (Wildman–Crippen LogP) is 1.74. The monoisotopic (exact) mass is 239 g/mol.